The highest BCUT2D eigenvalue weighted by Crippen LogP contribution is 2.34. The van der Waals surface area contributed by atoms with Gasteiger partial charge in [0.15, 0.2) is 0 Å². The lowest BCUT2D eigenvalue weighted by Crippen LogP contribution is -2.38. The number of carboxylic acids is 1. The third-order valence-corrected chi connectivity index (χ3v) is 10.1. The lowest BCUT2D eigenvalue weighted by Gasteiger charge is -2.25. The van der Waals surface area contributed by atoms with Crippen molar-refractivity contribution in [3.8, 4) is 11.1 Å². The van der Waals surface area contributed by atoms with Crippen molar-refractivity contribution in [2.24, 2.45) is 0 Å². The maximum absolute atomic E-state index is 11.4. The molecule has 179 valence electrons. The largest absolute Gasteiger partial charge is 0.478 e. The quantitative estimate of drug-likeness (QED) is 0.155. The molecule has 1 radical (unpaired) electrons. The Labute approximate surface area is 216 Å². The Morgan fingerprint density at radius 1 is 0.676 bits per heavy atom. The third kappa shape index (κ3) is 3.81. The second kappa shape index (κ2) is 8.84. The first-order valence-corrected chi connectivity index (χ1v) is 14.4. The van der Waals surface area contributed by atoms with Gasteiger partial charge < -0.3 is 9.53 Å². The molecule has 1 N–H and O–H groups in total. The summed E-state index contributed by atoms with van der Waals surface area (Å²) in [6.45, 7) is 0.810. The zero-order chi connectivity index (χ0) is 24.9. The van der Waals surface area contributed by atoms with Gasteiger partial charge in [-0.2, -0.15) is 0 Å². The monoisotopic (exact) mass is 497 g/mol. The van der Waals surface area contributed by atoms with Crippen LogP contribution in [0.3, 0.4) is 0 Å². The van der Waals surface area contributed by atoms with Crippen molar-refractivity contribution in [2.75, 3.05) is 6.61 Å². The summed E-state index contributed by atoms with van der Waals surface area (Å²) in [6, 6.07) is 35.0. The standard InChI is InChI=1S/C33H25O3Si/c34-33(35)22-9-7-21(8-10-22)28-14-13-27-18-26-12-11-25-17-23-5-1-2-6-24(23)19-29(25)30(26)20-31(27)32(28)37-16-4-3-15-36-37/h1-2,5-14,17-20H,3-4,15-16H2,(H,34,35). The maximum atomic E-state index is 11.4. The van der Waals surface area contributed by atoms with Crippen molar-refractivity contribution >= 4 is 63.3 Å². The van der Waals surface area contributed by atoms with Crippen LogP contribution in [0.2, 0.25) is 6.04 Å². The topological polar surface area (TPSA) is 46.5 Å². The molecule has 0 amide bonds. The van der Waals surface area contributed by atoms with Crippen molar-refractivity contribution in [2.45, 2.75) is 18.9 Å². The Kier molecular flexibility index (Phi) is 5.31. The number of hydrogen-bond acceptors (Lipinski definition) is 2. The molecule has 3 nitrogen and oxygen atoms in total. The van der Waals surface area contributed by atoms with E-state index in [4.69, 9.17) is 4.43 Å². The van der Waals surface area contributed by atoms with Gasteiger partial charge in [0, 0.05) is 6.61 Å². The number of aromatic carboxylic acids is 1. The minimum absolute atomic E-state index is 0.304. The molecule has 0 unspecified atom stereocenters. The summed E-state index contributed by atoms with van der Waals surface area (Å²) in [7, 11) is -1.22. The van der Waals surface area contributed by atoms with Crippen molar-refractivity contribution < 1.29 is 14.3 Å². The third-order valence-electron chi connectivity index (χ3n) is 7.64. The van der Waals surface area contributed by atoms with Gasteiger partial charge >= 0.3 is 5.97 Å². The van der Waals surface area contributed by atoms with Gasteiger partial charge in [0.05, 0.1) is 5.56 Å². The van der Waals surface area contributed by atoms with E-state index >= 15 is 0 Å². The van der Waals surface area contributed by atoms with Gasteiger partial charge in [0.2, 0.25) is 9.04 Å². The molecule has 0 bridgehead atoms. The smallest absolute Gasteiger partial charge is 0.335 e. The first-order chi connectivity index (χ1) is 18.2. The second-order valence-electron chi connectivity index (χ2n) is 9.88. The number of carboxylic acid groups (broad SMARTS) is 1. The molecule has 7 rings (SSSR count). The first-order valence-electron chi connectivity index (χ1n) is 12.8. The van der Waals surface area contributed by atoms with E-state index in [1.54, 1.807) is 12.1 Å². The molecule has 1 saturated heterocycles. The molecule has 0 aromatic heterocycles. The average molecular weight is 498 g/mol. The number of rotatable bonds is 3. The van der Waals surface area contributed by atoms with E-state index in [1.165, 1.54) is 54.7 Å². The van der Waals surface area contributed by atoms with Crippen LogP contribution in [0.4, 0.5) is 0 Å². The van der Waals surface area contributed by atoms with Gasteiger partial charge in [-0.1, -0.05) is 67.1 Å². The number of fused-ring (bicyclic) bond motifs is 5. The van der Waals surface area contributed by atoms with Crippen LogP contribution in [0.5, 0.6) is 0 Å². The minimum Gasteiger partial charge on any atom is -0.478 e. The summed E-state index contributed by atoms with van der Waals surface area (Å²) in [5.74, 6) is -0.904. The lowest BCUT2D eigenvalue weighted by atomic mass is 9.94. The van der Waals surface area contributed by atoms with E-state index in [0.29, 0.717) is 5.56 Å². The number of carbonyl (C=O) groups is 1. The van der Waals surface area contributed by atoms with Gasteiger partial charge in [-0.05, 0) is 108 Å². The average Bonchev–Trinajstić information content (AvgIpc) is 2.95. The van der Waals surface area contributed by atoms with Crippen LogP contribution >= 0.6 is 0 Å². The van der Waals surface area contributed by atoms with Crippen molar-refractivity contribution in [1.29, 1.82) is 0 Å². The van der Waals surface area contributed by atoms with Gasteiger partial charge in [-0.25, -0.2) is 4.79 Å². The molecule has 6 aromatic rings. The highest BCUT2D eigenvalue weighted by Gasteiger charge is 2.26. The second-order valence-corrected chi connectivity index (χ2v) is 12.0. The minimum atomic E-state index is -1.22. The fraction of sp³-hybridized carbons (Fsp3) is 0.121. The summed E-state index contributed by atoms with van der Waals surface area (Å²) >= 11 is 0. The van der Waals surface area contributed by atoms with Crippen LogP contribution < -0.4 is 5.19 Å². The van der Waals surface area contributed by atoms with Crippen LogP contribution in [0.1, 0.15) is 23.2 Å². The van der Waals surface area contributed by atoms with E-state index in [0.717, 1.165) is 30.2 Å². The summed E-state index contributed by atoms with van der Waals surface area (Å²) in [6.07, 6.45) is 2.30. The van der Waals surface area contributed by atoms with E-state index in [9.17, 15) is 9.90 Å². The molecule has 0 saturated carbocycles. The fourth-order valence-electron chi connectivity index (χ4n) is 5.76. The first kappa shape index (κ1) is 22.2. The van der Waals surface area contributed by atoms with Crippen molar-refractivity contribution in [3.63, 3.8) is 0 Å². The van der Waals surface area contributed by atoms with E-state index in [1.807, 2.05) is 12.1 Å². The molecule has 1 aliphatic heterocycles. The summed E-state index contributed by atoms with van der Waals surface area (Å²) in [5, 5.41) is 20.7. The van der Waals surface area contributed by atoms with E-state index in [2.05, 4.69) is 72.8 Å². The van der Waals surface area contributed by atoms with Crippen molar-refractivity contribution in [1.82, 2.24) is 0 Å². The normalized spacial score (nSPS) is 14.6. The van der Waals surface area contributed by atoms with Crippen LogP contribution in [-0.4, -0.2) is 26.7 Å². The highest BCUT2D eigenvalue weighted by molar-refractivity contribution is 6.72. The molecule has 0 aliphatic carbocycles. The molecule has 37 heavy (non-hydrogen) atoms. The maximum Gasteiger partial charge on any atom is 0.335 e. The predicted octanol–water partition coefficient (Wildman–Crippen LogP) is 7.67. The zero-order valence-corrected chi connectivity index (χ0v) is 21.3. The Balaban J connectivity index is 1.52. The van der Waals surface area contributed by atoms with Crippen LogP contribution in [0.15, 0.2) is 97.1 Å². The molecule has 1 fully saturated rings. The van der Waals surface area contributed by atoms with Gasteiger partial charge in [-0.15, -0.1) is 0 Å². The van der Waals surface area contributed by atoms with Gasteiger partial charge in [-0.3, -0.25) is 0 Å². The molecule has 4 heteroatoms. The Morgan fingerprint density at radius 2 is 1.32 bits per heavy atom. The molecule has 1 aliphatic rings. The fourth-order valence-corrected chi connectivity index (χ4v) is 8.30. The SMILES string of the molecule is O=C(O)c1ccc(-c2ccc3cc4ccc5cc6ccccc6cc5c4cc3c2[Si]2CCCCO2)cc1. The van der Waals surface area contributed by atoms with Crippen LogP contribution in [0.25, 0.3) is 54.2 Å². The molecule has 1 heterocycles. The number of hydrogen-bond donors (Lipinski definition) is 1. The molecule has 6 aromatic carbocycles. The molecular formula is C33H25O3Si. The Bertz CT molecular complexity index is 1830. The Morgan fingerprint density at radius 3 is 2.03 bits per heavy atom. The van der Waals surface area contributed by atoms with Crippen LogP contribution in [0, 0.1) is 0 Å². The van der Waals surface area contributed by atoms with Gasteiger partial charge in [0.25, 0.3) is 0 Å². The lowest BCUT2D eigenvalue weighted by molar-refractivity contribution is 0.0697. The van der Waals surface area contributed by atoms with Crippen LogP contribution in [-0.2, 0) is 4.43 Å². The van der Waals surface area contributed by atoms with E-state index < -0.39 is 15.0 Å². The summed E-state index contributed by atoms with van der Waals surface area (Å²) in [5.41, 5.74) is 2.50. The summed E-state index contributed by atoms with van der Waals surface area (Å²) in [4.78, 5) is 11.4. The highest BCUT2D eigenvalue weighted by atomic mass is 28.3. The molecule has 0 spiro atoms. The zero-order valence-electron chi connectivity index (χ0n) is 20.3. The van der Waals surface area contributed by atoms with Crippen molar-refractivity contribution in [3.05, 3.63) is 103 Å². The Hall–Kier alpha value is -3.99. The van der Waals surface area contributed by atoms with E-state index in [-0.39, 0.29) is 0 Å². The number of benzene rings is 6. The molecular weight excluding hydrogens is 472 g/mol. The molecule has 0 atom stereocenters. The summed E-state index contributed by atoms with van der Waals surface area (Å²) < 4.78 is 6.46. The van der Waals surface area contributed by atoms with Gasteiger partial charge in [0.1, 0.15) is 0 Å². The predicted molar refractivity (Wildman–Crippen MR) is 154 cm³/mol.